The van der Waals surface area contributed by atoms with Crippen LogP contribution in [0.4, 0.5) is 0 Å². The summed E-state index contributed by atoms with van der Waals surface area (Å²) in [6.45, 7) is 7.59. The normalized spacial score (nSPS) is 12.7. The predicted octanol–water partition coefficient (Wildman–Crippen LogP) is 1.26. The maximum absolute atomic E-state index is 9.00. The van der Waals surface area contributed by atoms with Crippen molar-refractivity contribution in [1.29, 1.82) is 0 Å². The van der Waals surface area contributed by atoms with Crippen LogP contribution in [0.2, 0.25) is 0 Å². The standard InChI is InChI=1S/C6H15N3O2/c1-5(2)8(6(3)4)9(11)7-10/h5-6,11H,1-4H3/p+1. The summed E-state index contributed by atoms with van der Waals surface area (Å²) in [4.78, 5) is 0.454. The van der Waals surface area contributed by atoms with E-state index in [-0.39, 0.29) is 12.1 Å². The second-order valence-electron chi connectivity index (χ2n) is 2.93. The molecule has 0 aliphatic rings. The second kappa shape index (κ2) is 4.00. The molecule has 5 nitrogen and oxygen atoms in total. The first-order valence-corrected chi connectivity index (χ1v) is 3.63. The number of hydrogen-bond donors (Lipinski definition) is 2. The molecule has 66 valence electrons. The highest BCUT2D eigenvalue weighted by Gasteiger charge is 2.25. The summed E-state index contributed by atoms with van der Waals surface area (Å²) in [5, 5.41) is 21.4. The van der Waals surface area contributed by atoms with Crippen molar-refractivity contribution in [2.24, 2.45) is 5.28 Å². The number of nitrogens with zero attached hydrogens (tertiary/aromatic N) is 3. The predicted molar refractivity (Wildman–Crippen MR) is 38.4 cm³/mol. The van der Waals surface area contributed by atoms with Crippen LogP contribution in [0.3, 0.4) is 0 Å². The first-order valence-electron chi connectivity index (χ1n) is 3.63. The Morgan fingerprint density at radius 2 is 1.55 bits per heavy atom. The van der Waals surface area contributed by atoms with Gasteiger partial charge < -0.3 is 5.21 Å². The number of hydrazine groups is 1. The van der Waals surface area contributed by atoms with Crippen molar-refractivity contribution in [2.75, 3.05) is 0 Å². The fourth-order valence-electron chi connectivity index (χ4n) is 1.06. The van der Waals surface area contributed by atoms with E-state index in [1.807, 2.05) is 27.7 Å². The van der Waals surface area contributed by atoms with Crippen molar-refractivity contribution < 1.29 is 15.4 Å². The van der Waals surface area contributed by atoms with E-state index < -0.39 is 0 Å². The Hall–Kier alpha value is -1.00. The summed E-state index contributed by atoms with van der Waals surface area (Å²) in [5.41, 5.74) is 0. The van der Waals surface area contributed by atoms with Crippen molar-refractivity contribution in [1.82, 2.24) is 5.01 Å². The van der Waals surface area contributed by atoms with Crippen LogP contribution >= 0.6 is 0 Å². The molecule has 0 spiro atoms. The smallest absolute Gasteiger partial charge is 0.271 e. The lowest BCUT2D eigenvalue weighted by Gasteiger charge is -2.19. The van der Waals surface area contributed by atoms with E-state index in [0.717, 1.165) is 0 Å². The lowest BCUT2D eigenvalue weighted by atomic mass is 10.3. The van der Waals surface area contributed by atoms with Gasteiger partial charge in [-0.1, -0.05) is 0 Å². The van der Waals surface area contributed by atoms with E-state index in [9.17, 15) is 0 Å². The van der Waals surface area contributed by atoms with Crippen LogP contribution in [0.15, 0.2) is 5.28 Å². The SMILES string of the molecule is CC(C)N(C(C)C)[N+](O)=NO. The molecule has 0 radical (unpaired) electrons. The Morgan fingerprint density at radius 3 is 1.64 bits per heavy atom. The molecule has 0 bridgehead atoms. The van der Waals surface area contributed by atoms with Gasteiger partial charge in [-0.25, -0.2) is 5.21 Å². The average molecular weight is 162 g/mol. The zero-order chi connectivity index (χ0) is 9.02. The third-order valence-corrected chi connectivity index (χ3v) is 1.34. The first-order chi connectivity index (χ1) is 5.00. The van der Waals surface area contributed by atoms with Gasteiger partial charge in [0.05, 0.1) is 12.1 Å². The largest absolute Gasteiger partial charge is 0.357 e. The third-order valence-electron chi connectivity index (χ3n) is 1.34. The van der Waals surface area contributed by atoms with Crippen LogP contribution in [0.5, 0.6) is 0 Å². The van der Waals surface area contributed by atoms with Gasteiger partial charge in [-0.3, -0.25) is 0 Å². The van der Waals surface area contributed by atoms with Gasteiger partial charge in [-0.15, -0.1) is 5.01 Å². The molecule has 2 N–H and O–H groups in total. The molecule has 0 aliphatic carbocycles. The maximum atomic E-state index is 9.00. The van der Waals surface area contributed by atoms with Gasteiger partial charge >= 0.3 is 0 Å². The number of rotatable bonds is 3. The zero-order valence-corrected chi connectivity index (χ0v) is 7.39. The molecule has 0 aromatic rings. The number of hydrogen-bond acceptors (Lipinski definition) is 1. The van der Waals surface area contributed by atoms with Crippen LogP contribution in [0.1, 0.15) is 27.7 Å². The minimum absolute atomic E-state index is 0.0934. The Morgan fingerprint density at radius 1 is 1.18 bits per heavy atom. The van der Waals surface area contributed by atoms with Gasteiger partial charge in [-0.05, 0) is 27.7 Å². The summed E-state index contributed by atoms with van der Waals surface area (Å²) >= 11 is 0. The van der Waals surface area contributed by atoms with Gasteiger partial charge in [0.25, 0.3) is 10.2 Å². The van der Waals surface area contributed by atoms with Crippen molar-refractivity contribution in [3.05, 3.63) is 0 Å². The van der Waals surface area contributed by atoms with Crippen molar-refractivity contribution >= 4 is 0 Å². The van der Waals surface area contributed by atoms with E-state index in [1.54, 1.807) is 0 Å². The minimum atomic E-state index is 0.0934. The molecule has 0 unspecified atom stereocenters. The Labute approximate surface area is 66.4 Å². The molecule has 0 amide bonds. The summed E-state index contributed by atoms with van der Waals surface area (Å²) < 4.78 is 0. The van der Waals surface area contributed by atoms with Gasteiger partial charge in [0, 0.05) is 0 Å². The lowest BCUT2D eigenvalue weighted by molar-refractivity contribution is -0.948. The van der Waals surface area contributed by atoms with Crippen molar-refractivity contribution in [2.45, 2.75) is 39.8 Å². The monoisotopic (exact) mass is 162 g/mol. The third kappa shape index (κ3) is 2.61. The second-order valence-corrected chi connectivity index (χ2v) is 2.93. The van der Waals surface area contributed by atoms with Gasteiger partial charge in [0.1, 0.15) is 0 Å². The Kier molecular flexibility index (Phi) is 3.64. The van der Waals surface area contributed by atoms with Crippen molar-refractivity contribution in [3.63, 3.8) is 0 Å². The summed E-state index contributed by atoms with van der Waals surface area (Å²) in [6.07, 6.45) is 0. The van der Waals surface area contributed by atoms with E-state index >= 15 is 0 Å². The van der Waals surface area contributed by atoms with Crippen molar-refractivity contribution in [3.8, 4) is 0 Å². The molecule has 0 heterocycles. The molecule has 0 atom stereocenters. The van der Waals surface area contributed by atoms with E-state index in [0.29, 0.717) is 4.97 Å². The van der Waals surface area contributed by atoms with Gasteiger partial charge in [-0.2, -0.15) is 0 Å². The highest BCUT2D eigenvalue weighted by atomic mass is 16.6. The molecular formula is C6H16N3O2+. The molecule has 0 aromatic heterocycles. The van der Waals surface area contributed by atoms with Gasteiger partial charge in [0.2, 0.25) is 0 Å². The summed E-state index contributed by atoms with van der Waals surface area (Å²) in [6, 6.07) is 0.187. The fourth-order valence-corrected chi connectivity index (χ4v) is 1.06. The van der Waals surface area contributed by atoms with Crippen LogP contribution in [0, 0.1) is 0 Å². The van der Waals surface area contributed by atoms with Gasteiger partial charge in [0.15, 0.2) is 0 Å². The zero-order valence-electron chi connectivity index (χ0n) is 7.39. The molecule has 0 aromatic carbocycles. The molecule has 0 saturated heterocycles. The molecule has 5 heteroatoms. The minimum Gasteiger partial charge on any atom is -0.357 e. The first kappa shape index (κ1) is 10.0. The summed E-state index contributed by atoms with van der Waals surface area (Å²) in [5.74, 6) is 0. The maximum Gasteiger partial charge on any atom is 0.271 e. The Bertz CT molecular complexity index is 137. The van der Waals surface area contributed by atoms with Crippen LogP contribution in [-0.2, 0) is 0 Å². The Balaban J connectivity index is 4.35. The topological polar surface area (TPSA) is 59.1 Å². The van der Waals surface area contributed by atoms with Crippen LogP contribution < -0.4 is 0 Å². The molecular weight excluding hydrogens is 146 g/mol. The highest BCUT2D eigenvalue weighted by Crippen LogP contribution is 2.03. The van der Waals surface area contributed by atoms with E-state index in [2.05, 4.69) is 5.28 Å². The summed E-state index contributed by atoms with van der Waals surface area (Å²) in [7, 11) is 0. The van der Waals surface area contributed by atoms with E-state index in [1.165, 1.54) is 5.01 Å². The highest BCUT2D eigenvalue weighted by molar-refractivity contribution is 4.54. The fraction of sp³-hybridized carbons (Fsp3) is 1.00. The molecule has 0 aliphatic heterocycles. The van der Waals surface area contributed by atoms with Crippen LogP contribution in [0.25, 0.3) is 0 Å². The lowest BCUT2D eigenvalue weighted by Crippen LogP contribution is -2.43. The quantitative estimate of drug-likeness (QED) is 0.373. The molecule has 11 heavy (non-hydrogen) atoms. The molecule has 0 rings (SSSR count). The molecule has 0 saturated carbocycles. The van der Waals surface area contributed by atoms with E-state index in [4.69, 9.17) is 10.4 Å². The molecule has 0 fully saturated rings. The van der Waals surface area contributed by atoms with Crippen LogP contribution in [-0.4, -0.2) is 32.5 Å². The average Bonchev–Trinajstić information content (AvgIpc) is 1.85.